The van der Waals surface area contributed by atoms with E-state index in [2.05, 4.69) is 34.4 Å². The highest BCUT2D eigenvalue weighted by Gasteiger charge is 2.29. The maximum Gasteiger partial charge on any atom is 0.223 e. The fourth-order valence-electron chi connectivity index (χ4n) is 4.27. The molecule has 1 N–H and O–H groups in total. The summed E-state index contributed by atoms with van der Waals surface area (Å²) < 4.78 is 0. The molecule has 2 aliphatic rings. The molecule has 1 saturated carbocycles. The molecule has 2 aromatic rings. The van der Waals surface area contributed by atoms with E-state index >= 15 is 0 Å². The zero-order valence-corrected chi connectivity index (χ0v) is 16.6. The molecule has 0 atom stereocenters. The number of aryl methyl sites for hydroxylation is 2. The van der Waals surface area contributed by atoms with Crippen LogP contribution in [0.5, 0.6) is 0 Å². The van der Waals surface area contributed by atoms with Gasteiger partial charge in [-0.1, -0.05) is 19.8 Å². The number of amides is 1. The number of aromatic nitrogens is 2. The number of thiophene rings is 1. The van der Waals surface area contributed by atoms with Gasteiger partial charge >= 0.3 is 0 Å². The third-order valence-corrected chi connectivity index (χ3v) is 6.75. The van der Waals surface area contributed by atoms with Crippen LogP contribution in [0.15, 0.2) is 5.38 Å². The second-order valence-electron chi connectivity index (χ2n) is 7.62. The Morgan fingerprint density at radius 1 is 1.23 bits per heavy atom. The van der Waals surface area contributed by atoms with E-state index in [1.165, 1.54) is 23.1 Å². The number of fused-ring (bicyclic) bond motifs is 1. The van der Waals surface area contributed by atoms with Crippen LogP contribution in [0.4, 0.5) is 5.82 Å². The summed E-state index contributed by atoms with van der Waals surface area (Å²) in [5.41, 5.74) is 1.07. The fourth-order valence-corrected chi connectivity index (χ4v) is 5.04. The van der Waals surface area contributed by atoms with Crippen molar-refractivity contribution < 1.29 is 4.79 Å². The summed E-state index contributed by atoms with van der Waals surface area (Å²) in [6.45, 7) is 6.04. The largest absolute Gasteiger partial charge is 0.356 e. The second-order valence-corrected chi connectivity index (χ2v) is 8.70. The molecule has 26 heavy (non-hydrogen) atoms. The van der Waals surface area contributed by atoms with Crippen LogP contribution in [0.3, 0.4) is 0 Å². The number of anilines is 1. The van der Waals surface area contributed by atoms with Gasteiger partial charge in [-0.2, -0.15) is 0 Å². The van der Waals surface area contributed by atoms with Crippen molar-refractivity contribution in [3.8, 4) is 0 Å². The third kappa shape index (κ3) is 3.43. The van der Waals surface area contributed by atoms with Crippen molar-refractivity contribution in [2.24, 2.45) is 5.92 Å². The Hall–Kier alpha value is -1.69. The van der Waals surface area contributed by atoms with Crippen LogP contribution in [0, 0.1) is 12.8 Å². The van der Waals surface area contributed by atoms with Crippen molar-refractivity contribution in [1.29, 1.82) is 0 Å². The Bertz CT molecular complexity index is 788. The Morgan fingerprint density at radius 3 is 2.65 bits per heavy atom. The monoisotopic (exact) mass is 372 g/mol. The second kappa shape index (κ2) is 7.51. The summed E-state index contributed by atoms with van der Waals surface area (Å²) in [6, 6.07) is 0.419. The maximum absolute atomic E-state index is 12.6. The van der Waals surface area contributed by atoms with E-state index in [0.29, 0.717) is 6.04 Å². The number of carbonyl (C=O) groups is 1. The number of hydrogen-bond acceptors (Lipinski definition) is 5. The lowest BCUT2D eigenvalue weighted by molar-refractivity contribution is -0.126. The van der Waals surface area contributed by atoms with Crippen molar-refractivity contribution in [1.82, 2.24) is 15.3 Å². The molecule has 3 heterocycles. The summed E-state index contributed by atoms with van der Waals surface area (Å²) in [6.07, 6.45) is 7.49. The van der Waals surface area contributed by atoms with Crippen LogP contribution in [0.25, 0.3) is 10.9 Å². The van der Waals surface area contributed by atoms with Gasteiger partial charge in [0.15, 0.2) is 0 Å². The maximum atomic E-state index is 12.6. The molecule has 0 radical (unpaired) electrons. The lowest BCUT2D eigenvalue weighted by Gasteiger charge is -2.33. The smallest absolute Gasteiger partial charge is 0.223 e. The van der Waals surface area contributed by atoms with Gasteiger partial charge in [-0.05, 0) is 32.6 Å². The van der Waals surface area contributed by atoms with Crippen molar-refractivity contribution in [2.75, 3.05) is 18.0 Å². The summed E-state index contributed by atoms with van der Waals surface area (Å²) in [7, 11) is 0. The van der Waals surface area contributed by atoms with Gasteiger partial charge in [0.2, 0.25) is 5.91 Å². The number of hydrogen-bond donors (Lipinski definition) is 1. The fraction of sp³-hybridized carbons (Fsp3) is 0.650. The highest BCUT2D eigenvalue weighted by molar-refractivity contribution is 7.11. The standard InChI is InChI=1S/C20H28N4OS/c1-3-17-22-16-12-26-13(2)18(16)19(23-17)24-10-8-14(9-11-24)20(25)21-15-6-4-5-7-15/h12,14-15H,3-11H2,1-2H3,(H,21,25). The van der Waals surface area contributed by atoms with Crippen LogP contribution >= 0.6 is 11.3 Å². The van der Waals surface area contributed by atoms with Crippen molar-refractivity contribution in [3.63, 3.8) is 0 Å². The molecule has 0 bridgehead atoms. The van der Waals surface area contributed by atoms with E-state index < -0.39 is 0 Å². The van der Waals surface area contributed by atoms with Crippen molar-refractivity contribution in [2.45, 2.75) is 64.8 Å². The van der Waals surface area contributed by atoms with Crippen LogP contribution in [-0.2, 0) is 11.2 Å². The van der Waals surface area contributed by atoms with E-state index in [1.54, 1.807) is 11.3 Å². The van der Waals surface area contributed by atoms with Gasteiger partial charge in [-0.25, -0.2) is 9.97 Å². The SMILES string of the molecule is CCc1nc(N2CCC(C(=O)NC3CCCC3)CC2)c2c(C)scc2n1. The first-order valence-electron chi connectivity index (χ1n) is 9.95. The average molecular weight is 373 g/mol. The van der Waals surface area contributed by atoms with Crippen LogP contribution in [0.2, 0.25) is 0 Å². The summed E-state index contributed by atoms with van der Waals surface area (Å²) >= 11 is 1.74. The molecule has 1 saturated heterocycles. The Labute approximate surface area is 159 Å². The van der Waals surface area contributed by atoms with Gasteiger partial charge in [0, 0.05) is 41.7 Å². The molecule has 1 amide bonds. The Morgan fingerprint density at radius 2 is 1.96 bits per heavy atom. The molecule has 0 aromatic carbocycles. The number of rotatable bonds is 4. The molecule has 5 nitrogen and oxygen atoms in total. The molecule has 2 fully saturated rings. The predicted octanol–water partition coefficient (Wildman–Crippen LogP) is 3.84. The lowest BCUT2D eigenvalue weighted by Crippen LogP contribution is -2.43. The topological polar surface area (TPSA) is 58.1 Å². The minimum atomic E-state index is 0.151. The van der Waals surface area contributed by atoms with Crippen molar-refractivity contribution >= 4 is 34.0 Å². The van der Waals surface area contributed by atoms with E-state index in [0.717, 1.165) is 62.4 Å². The minimum Gasteiger partial charge on any atom is -0.356 e. The van der Waals surface area contributed by atoms with Crippen LogP contribution in [-0.4, -0.2) is 35.0 Å². The molecule has 1 aliphatic heterocycles. The van der Waals surface area contributed by atoms with Gasteiger partial charge < -0.3 is 10.2 Å². The zero-order chi connectivity index (χ0) is 18.1. The molecule has 140 valence electrons. The van der Waals surface area contributed by atoms with Crippen molar-refractivity contribution in [3.05, 3.63) is 16.1 Å². The highest BCUT2D eigenvalue weighted by Crippen LogP contribution is 2.33. The van der Waals surface area contributed by atoms with E-state index in [1.807, 2.05) is 0 Å². The van der Waals surface area contributed by atoms with Gasteiger partial charge in [-0.15, -0.1) is 11.3 Å². The van der Waals surface area contributed by atoms with Gasteiger partial charge in [0.1, 0.15) is 11.6 Å². The normalized spacial score (nSPS) is 19.4. The molecule has 1 aliphatic carbocycles. The molecule has 0 unspecified atom stereocenters. The number of carbonyl (C=O) groups excluding carboxylic acids is 1. The van der Waals surface area contributed by atoms with E-state index in [-0.39, 0.29) is 11.8 Å². The first-order valence-corrected chi connectivity index (χ1v) is 10.8. The molecule has 4 rings (SSSR count). The number of nitrogens with one attached hydrogen (secondary N) is 1. The molecular formula is C20H28N4OS. The van der Waals surface area contributed by atoms with Crippen LogP contribution < -0.4 is 10.2 Å². The van der Waals surface area contributed by atoms with E-state index in [4.69, 9.17) is 4.98 Å². The van der Waals surface area contributed by atoms with E-state index in [9.17, 15) is 4.79 Å². The first kappa shape index (κ1) is 17.7. The first-order chi connectivity index (χ1) is 12.7. The molecule has 2 aromatic heterocycles. The predicted molar refractivity (Wildman–Crippen MR) is 107 cm³/mol. The third-order valence-electron chi connectivity index (χ3n) is 5.85. The summed E-state index contributed by atoms with van der Waals surface area (Å²) in [5.74, 6) is 2.40. The zero-order valence-electron chi connectivity index (χ0n) is 15.8. The molecule has 6 heteroatoms. The molecule has 0 spiro atoms. The average Bonchev–Trinajstić information content (AvgIpc) is 3.31. The highest BCUT2D eigenvalue weighted by atomic mass is 32.1. The Kier molecular flexibility index (Phi) is 5.11. The lowest BCUT2D eigenvalue weighted by atomic mass is 9.95. The Balaban J connectivity index is 1.47. The van der Waals surface area contributed by atoms with Gasteiger partial charge in [-0.3, -0.25) is 4.79 Å². The minimum absolute atomic E-state index is 0.151. The summed E-state index contributed by atoms with van der Waals surface area (Å²) in [4.78, 5) is 25.7. The summed E-state index contributed by atoms with van der Waals surface area (Å²) in [5, 5.41) is 6.61. The van der Waals surface area contributed by atoms with Crippen LogP contribution in [0.1, 0.15) is 56.2 Å². The number of piperidine rings is 1. The van der Waals surface area contributed by atoms with Gasteiger partial charge in [0.25, 0.3) is 0 Å². The number of nitrogens with zero attached hydrogens (tertiary/aromatic N) is 3. The molecular weight excluding hydrogens is 344 g/mol. The quantitative estimate of drug-likeness (QED) is 0.886. The van der Waals surface area contributed by atoms with Gasteiger partial charge in [0.05, 0.1) is 10.9 Å².